The van der Waals surface area contributed by atoms with Gasteiger partial charge in [-0.25, -0.2) is 19.9 Å². The Kier molecular flexibility index (Phi) is 12.3. The third-order valence-corrected chi connectivity index (χ3v) is 16.1. The molecule has 2 aromatic heterocycles. The van der Waals surface area contributed by atoms with E-state index in [9.17, 15) is 0 Å². The third kappa shape index (κ3) is 7.54. The molecule has 2 aliphatic carbocycles. The molecule has 8 heteroatoms. The molecule has 0 saturated carbocycles. The maximum absolute atomic E-state index is 4.43. The Balaban J connectivity index is 0.000000124. The first kappa shape index (κ1) is 48.2. The topological polar surface area (TPSA) is 66.8 Å². The van der Waals surface area contributed by atoms with Gasteiger partial charge in [0.1, 0.15) is 0 Å². The van der Waals surface area contributed by atoms with Crippen LogP contribution >= 0.6 is 15.9 Å². The molecule has 0 amide bonds. The summed E-state index contributed by atoms with van der Waals surface area (Å²) in [5, 5.41) is 3.65. The summed E-state index contributed by atoms with van der Waals surface area (Å²) >= 11 is 3.38. The largest absolute Gasteiger partial charge is 0.355 e. The quantitative estimate of drug-likeness (QED) is 0.178. The van der Waals surface area contributed by atoms with Crippen molar-refractivity contribution >= 4 is 52.8 Å². The Labute approximate surface area is 464 Å². The van der Waals surface area contributed by atoms with Crippen molar-refractivity contribution in [3.05, 3.63) is 329 Å². The maximum Gasteiger partial charge on any atom is 0.159 e. The zero-order valence-electron chi connectivity index (χ0n) is 42.2. The van der Waals surface area contributed by atoms with Crippen LogP contribution in [0.1, 0.15) is 44.5 Å². The lowest BCUT2D eigenvalue weighted by atomic mass is 9.64. The molecule has 10 aromatic carbocycles. The highest BCUT2D eigenvalue weighted by Crippen LogP contribution is 2.64. The van der Waals surface area contributed by atoms with Crippen LogP contribution < -0.4 is 10.2 Å². The van der Waals surface area contributed by atoms with Crippen LogP contribution in [-0.2, 0) is 10.8 Å². The van der Waals surface area contributed by atoms with Crippen molar-refractivity contribution < 1.29 is 0 Å². The van der Waals surface area contributed by atoms with Gasteiger partial charge in [0, 0.05) is 65.9 Å². The highest BCUT2D eigenvalue weighted by molar-refractivity contribution is 9.10. The van der Waals surface area contributed by atoms with Gasteiger partial charge in [-0.05, 0) is 140 Å². The molecule has 3 radical (unpaired) electrons. The van der Waals surface area contributed by atoms with E-state index in [1.165, 1.54) is 89.5 Å². The summed E-state index contributed by atoms with van der Waals surface area (Å²) in [6, 6.07) is 90.9. The number of nitrogens with zero attached hydrogens (tertiary/aromatic N) is 5. The molecule has 4 aliphatic rings. The molecule has 0 saturated heterocycles. The Morgan fingerprint density at radius 2 is 0.615 bits per heavy atom. The lowest BCUT2D eigenvalue weighted by Crippen LogP contribution is -2.36. The molecular formula is C70H47BBrN6. The van der Waals surface area contributed by atoms with Gasteiger partial charge < -0.3 is 10.2 Å². The van der Waals surface area contributed by atoms with Gasteiger partial charge in [-0.2, -0.15) is 0 Å². The van der Waals surface area contributed by atoms with E-state index in [1.54, 1.807) is 24.8 Å². The fourth-order valence-corrected chi connectivity index (χ4v) is 12.8. The first-order valence-electron chi connectivity index (χ1n) is 25.9. The molecule has 4 heterocycles. The summed E-state index contributed by atoms with van der Waals surface area (Å²) in [5.41, 5.74) is 23.3. The predicted molar refractivity (Wildman–Crippen MR) is 321 cm³/mol. The van der Waals surface area contributed by atoms with Crippen LogP contribution in [0.25, 0.3) is 45.0 Å². The summed E-state index contributed by atoms with van der Waals surface area (Å²) < 4.78 is 1.06. The van der Waals surface area contributed by atoms with Crippen LogP contribution in [-0.4, -0.2) is 28.3 Å². The second-order valence-electron chi connectivity index (χ2n) is 19.5. The minimum Gasteiger partial charge on any atom is -0.355 e. The van der Waals surface area contributed by atoms with Crippen molar-refractivity contribution in [2.45, 2.75) is 10.8 Å². The van der Waals surface area contributed by atoms with Gasteiger partial charge in [-0.15, -0.1) is 0 Å². The van der Waals surface area contributed by atoms with Crippen LogP contribution in [0.5, 0.6) is 0 Å². The van der Waals surface area contributed by atoms with E-state index in [1.807, 2.05) is 36.4 Å². The van der Waals surface area contributed by atoms with Crippen molar-refractivity contribution in [2.24, 2.45) is 0 Å². The summed E-state index contributed by atoms with van der Waals surface area (Å²) in [5.74, 6) is 1.49. The highest BCUT2D eigenvalue weighted by Gasteiger charge is 2.52. The Morgan fingerprint density at radius 1 is 0.308 bits per heavy atom. The SMILES string of the molecule is Brc1ccc(-c2ncccn2)cc1.[B].c1ccc2c(c1)Nc1ccccc1C21c2ccccc2-c2ccccc21.c1cnc(-c2ccc(N3c4ccccc4C4(c5ccccc5-c5ccccc54)c4ccccc43)cc2)nc1. The van der Waals surface area contributed by atoms with Gasteiger partial charge in [0.15, 0.2) is 11.6 Å². The number of nitrogens with one attached hydrogen (secondary N) is 1. The van der Waals surface area contributed by atoms with E-state index in [2.05, 4.69) is 264 Å². The Morgan fingerprint density at radius 3 is 1.01 bits per heavy atom. The van der Waals surface area contributed by atoms with E-state index >= 15 is 0 Å². The molecule has 367 valence electrons. The molecule has 1 N–H and O–H groups in total. The van der Waals surface area contributed by atoms with Crippen LogP contribution in [0.4, 0.5) is 28.4 Å². The van der Waals surface area contributed by atoms with Gasteiger partial charge >= 0.3 is 0 Å². The summed E-state index contributed by atoms with van der Waals surface area (Å²) in [6.07, 6.45) is 7.04. The molecule has 0 unspecified atom stereocenters. The zero-order valence-corrected chi connectivity index (χ0v) is 43.8. The molecule has 2 spiro atoms. The van der Waals surface area contributed by atoms with Crippen molar-refractivity contribution in [2.75, 3.05) is 10.2 Å². The fourth-order valence-electron chi connectivity index (χ4n) is 12.5. The van der Waals surface area contributed by atoms with Gasteiger partial charge in [-0.1, -0.05) is 198 Å². The minimum atomic E-state index is -0.380. The minimum absolute atomic E-state index is 0. The molecule has 0 bridgehead atoms. The van der Waals surface area contributed by atoms with Gasteiger partial charge in [-0.3, -0.25) is 0 Å². The van der Waals surface area contributed by atoms with Crippen molar-refractivity contribution in [3.63, 3.8) is 0 Å². The Hall–Kier alpha value is -9.50. The molecule has 78 heavy (non-hydrogen) atoms. The molecule has 0 fully saturated rings. The van der Waals surface area contributed by atoms with Gasteiger partial charge in [0.25, 0.3) is 0 Å². The number of benzene rings is 10. The summed E-state index contributed by atoms with van der Waals surface area (Å²) in [4.78, 5) is 19.6. The standard InChI is InChI=1S/C35H23N3.C25H17N.C10H7BrN2.B/c1-3-12-28-26(10-1)27-11-2-4-13-29(27)35(28)30-14-5-7-16-32(30)38(33-17-8-6-15-31(33)35)25-20-18-24(19-21-25)34-36-22-9-23-37-34;1-3-11-19-17(9-1)18-10-2-4-12-20(18)25(19)21-13-5-7-15-23(21)26-24-16-8-6-14-22(24)25;11-9-4-2-8(3-5-9)10-12-6-1-7-13-10;/h1-23H;1-16,26H;1-7H;. The first-order chi connectivity index (χ1) is 38.1. The lowest BCUT2D eigenvalue weighted by molar-refractivity contribution is 0.752. The predicted octanol–water partition coefficient (Wildman–Crippen LogP) is 16.9. The highest BCUT2D eigenvalue weighted by atomic mass is 79.9. The van der Waals surface area contributed by atoms with Crippen LogP contribution in [0.15, 0.2) is 284 Å². The van der Waals surface area contributed by atoms with E-state index in [4.69, 9.17) is 0 Å². The maximum atomic E-state index is 4.43. The second kappa shape index (κ2) is 19.9. The molecule has 16 rings (SSSR count). The molecule has 0 atom stereocenters. The van der Waals surface area contributed by atoms with Crippen LogP contribution in [0.2, 0.25) is 0 Å². The smallest absolute Gasteiger partial charge is 0.159 e. The monoisotopic (exact) mass is 1060 g/mol. The lowest BCUT2D eigenvalue weighted by Gasteiger charge is -2.45. The number of aromatic nitrogens is 4. The van der Waals surface area contributed by atoms with Crippen LogP contribution in [0.3, 0.4) is 0 Å². The van der Waals surface area contributed by atoms with Crippen molar-refractivity contribution in [1.82, 2.24) is 19.9 Å². The first-order valence-corrected chi connectivity index (χ1v) is 26.7. The molecular weight excluding hydrogens is 1020 g/mol. The van der Waals surface area contributed by atoms with Crippen molar-refractivity contribution in [3.8, 4) is 45.0 Å². The number of rotatable bonds is 3. The third-order valence-electron chi connectivity index (χ3n) is 15.6. The molecule has 6 nitrogen and oxygen atoms in total. The summed E-state index contributed by atoms with van der Waals surface area (Å²) in [6.45, 7) is 0. The van der Waals surface area contributed by atoms with Gasteiger partial charge in [0.05, 0.1) is 22.2 Å². The van der Waals surface area contributed by atoms with E-state index in [0.717, 1.165) is 32.9 Å². The number of hydrogen-bond acceptors (Lipinski definition) is 6. The zero-order chi connectivity index (χ0) is 51.3. The average molecular weight is 1060 g/mol. The normalized spacial score (nSPS) is 13.4. The molecule has 2 aliphatic heterocycles. The van der Waals surface area contributed by atoms with E-state index in [-0.39, 0.29) is 19.2 Å². The van der Waals surface area contributed by atoms with Gasteiger partial charge in [0.2, 0.25) is 0 Å². The number of fused-ring (bicyclic) bond motifs is 18. The van der Waals surface area contributed by atoms with E-state index < -0.39 is 0 Å². The average Bonchev–Trinajstić information content (AvgIpc) is 3.56. The number of halogens is 1. The van der Waals surface area contributed by atoms with Crippen molar-refractivity contribution in [1.29, 1.82) is 0 Å². The Bertz CT molecular complexity index is 3980. The number of anilines is 5. The number of hydrogen-bond donors (Lipinski definition) is 1. The second-order valence-corrected chi connectivity index (χ2v) is 20.4. The number of para-hydroxylation sites is 4. The van der Waals surface area contributed by atoms with E-state index in [0.29, 0.717) is 0 Å². The molecule has 12 aromatic rings. The fraction of sp³-hybridized carbons (Fsp3) is 0.0286. The summed E-state index contributed by atoms with van der Waals surface area (Å²) in [7, 11) is 0. The van der Waals surface area contributed by atoms with Crippen LogP contribution in [0, 0.1) is 0 Å².